The molecule has 4 aliphatic rings. The highest BCUT2D eigenvalue weighted by atomic mass is 16.3. The van der Waals surface area contributed by atoms with E-state index in [0.717, 1.165) is 54.3 Å². The van der Waals surface area contributed by atoms with Gasteiger partial charge < -0.3 is 5.11 Å². The van der Waals surface area contributed by atoms with E-state index in [1.807, 2.05) is 5.57 Å². The fourth-order valence-electron chi connectivity index (χ4n) is 8.52. The average Bonchev–Trinajstić information content (AvgIpc) is 3.03. The van der Waals surface area contributed by atoms with Crippen LogP contribution in [0.25, 0.3) is 0 Å². The van der Waals surface area contributed by atoms with E-state index in [0.29, 0.717) is 10.8 Å². The largest absolute Gasteiger partial charge is 0.393 e. The highest BCUT2D eigenvalue weighted by Gasteiger charge is 2.57. The SMILES string of the molecule is CC(C)[C@@H](C)CC[C@@H](C)[C@H]1CC=C2[C@@H]3CC[C@H]4C[C@@H](O)CC[C@]4(C)[C@H]3CC[C@@]21C. The lowest BCUT2D eigenvalue weighted by Gasteiger charge is -2.60. The van der Waals surface area contributed by atoms with Crippen molar-refractivity contribution in [3.63, 3.8) is 0 Å². The zero-order valence-corrected chi connectivity index (χ0v) is 20.2. The Morgan fingerprint density at radius 3 is 2.48 bits per heavy atom. The molecule has 4 rings (SSSR count). The Kier molecular flexibility index (Phi) is 6.04. The molecule has 166 valence electrons. The molecule has 4 aliphatic carbocycles. The molecule has 0 saturated heterocycles. The third kappa shape index (κ3) is 3.66. The number of fused-ring (bicyclic) bond motifs is 5. The summed E-state index contributed by atoms with van der Waals surface area (Å²) in [6.07, 6.45) is 15.8. The van der Waals surface area contributed by atoms with Gasteiger partial charge in [-0.3, -0.25) is 0 Å². The minimum Gasteiger partial charge on any atom is -0.393 e. The fraction of sp³-hybridized carbons (Fsp3) is 0.929. The summed E-state index contributed by atoms with van der Waals surface area (Å²) in [5.74, 6) is 5.88. The van der Waals surface area contributed by atoms with Crippen LogP contribution in [0.3, 0.4) is 0 Å². The fourth-order valence-corrected chi connectivity index (χ4v) is 8.52. The second kappa shape index (κ2) is 7.99. The van der Waals surface area contributed by atoms with Crippen LogP contribution in [0.15, 0.2) is 11.6 Å². The van der Waals surface area contributed by atoms with E-state index in [4.69, 9.17) is 0 Å². The van der Waals surface area contributed by atoms with Crippen molar-refractivity contribution >= 4 is 0 Å². The molecule has 9 atom stereocenters. The van der Waals surface area contributed by atoms with E-state index in [-0.39, 0.29) is 6.10 Å². The number of hydrogen-bond acceptors (Lipinski definition) is 1. The van der Waals surface area contributed by atoms with Gasteiger partial charge in [0.05, 0.1) is 6.10 Å². The van der Waals surface area contributed by atoms with E-state index < -0.39 is 0 Å². The van der Waals surface area contributed by atoms with Crippen molar-refractivity contribution in [1.82, 2.24) is 0 Å². The summed E-state index contributed by atoms with van der Waals surface area (Å²) in [5.41, 5.74) is 2.84. The van der Waals surface area contributed by atoms with Crippen LogP contribution in [-0.4, -0.2) is 11.2 Å². The molecule has 0 radical (unpaired) electrons. The highest BCUT2D eigenvalue weighted by Crippen LogP contribution is 2.66. The molecule has 3 fully saturated rings. The standard InChI is InChI=1S/C28H48O/c1-18(2)19(3)7-8-20(4)24-11-12-25-23-10-9-21-17-22(29)13-15-27(21,5)26(23)14-16-28(24,25)6/h12,18-24,26,29H,7-11,13-17H2,1-6H3/t19-,20+,21-,22-,23-,24+,26-,27-,28+/m0/s1. The molecule has 0 spiro atoms. The quantitative estimate of drug-likeness (QED) is 0.470. The summed E-state index contributed by atoms with van der Waals surface area (Å²) in [6.45, 7) is 15.0. The Morgan fingerprint density at radius 1 is 1.00 bits per heavy atom. The summed E-state index contributed by atoms with van der Waals surface area (Å²) < 4.78 is 0. The van der Waals surface area contributed by atoms with E-state index >= 15 is 0 Å². The maximum atomic E-state index is 10.3. The van der Waals surface area contributed by atoms with Crippen molar-refractivity contribution in [3.05, 3.63) is 11.6 Å². The molecule has 0 bridgehead atoms. The van der Waals surface area contributed by atoms with Crippen molar-refractivity contribution in [2.45, 2.75) is 112 Å². The van der Waals surface area contributed by atoms with Crippen LogP contribution < -0.4 is 0 Å². The van der Waals surface area contributed by atoms with Crippen molar-refractivity contribution in [1.29, 1.82) is 0 Å². The zero-order valence-electron chi connectivity index (χ0n) is 20.2. The molecule has 0 unspecified atom stereocenters. The molecule has 0 amide bonds. The first-order valence-electron chi connectivity index (χ1n) is 13.1. The van der Waals surface area contributed by atoms with Crippen LogP contribution in [0.4, 0.5) is 0 Å². The number of aliphatic hydroxyl groups is 1. The summed E-state index contributed by atoms with van der Waals surface area (Å²) in [7, 11) is 0. The Labute approximate surface area is 181 Å². The number of rotatable bonds is 5. The van der Waals surface area contributed by atoms with Crippen LogP contribution in [0, 0.1) is 52.3 Å². The van der Waals surface area contributed by atoms with Crippen LogP contribution in [0.5, 0.6) is 0 Å². The van der Waals surface area contributed by atoms with Gasteiger partial charge in [-0.05, 0) is 104 Å². The molecule has 0 aromatic carbocycles. The van der Waals surface area contributed by atoms with Crippen LogP contribution in [0.1, 0.15) is 106 Å². The summed E-state index contributed by atoms with van der Waals surface area (Å²) in [4.78, 5) is 0. The third-order valence-corrected chi connectivity index (χ3v) is 11.0. The first-order valence-corrected chi connectivity index (χ1v) is 13.1. The average molecular weight is 401 g/mol. The second-order valence-corrected chi connectivity index (χ2v) is 12.7. The summed E-state index contributed by atoms with van der Waals surface area (Å²) in [6, 6.07) is 0. The van der Waals surface area contributed by atoms with Crippen molar-refractivity contribution in [3.8, 4) is 0 Å². The Bertz CT molecular complexity index is 620. The molecule has 1 nitrogen and oxygen atoms in total. The monoisotopic (exact) mass is 400 g/mol. The molecule has 3 saturated carbocycles. The van der Waals surface area contributed by atoms with Gasteiger partial charge in [-0.1, -0.05) is 66.0 Å². The Hall–Kier alpha value is -0.300. The normalized spacial score (nSPS) is 46.5. The lowest BCUT2D eigenvalue weighted by Crippen LogP contribution is -2.52. The van der Waals surface area contributed by atoms with Crippen molar-refractivity contribution < 1.29 is 5.11 Å². The number of aliphatic hydroxyl groups excluding tert-OH is 1. The van der Waals surface area contributed by atoms with Crippen molar-refractivity contribution in [2.24, 2.45) is 52.3 Å². The highest BCUT2D eigenvalue weighted by molar-refractivity contribution is 5.30. The van der Waals surface area contributed by atoms with Gasteiger partial charge in [-0.15, -0.1) is 0 Å². The maximum absolute atomic E-state index is 10.3. The molecule has 0 aromatic rings. The van der Waals surface area contributed by atoms with Crippen LogP contribution in [-0.2, 0) is 0 Å². The van der Waals surface area contributed by atoms with Gasteiger partial charge >= 0.3 is 0 Å². The molecule has 1 N–H and O–H groups in total. The van der Waals surface area contributed by atoms with Gasteiger partial charge in [-0.2, -0.15) is 0 Å². The van der Waals surface area contributed by atoms with Gasteiger partial charge in [0.25, 0.3) is 0 Å². The Morgan fingerprint density at radius 2 is 1.76 bits per heavy atom. The summed E-state index contributed by atoms with van der Waals surface area (Å²) >= 11 is 0. The molecule has 0 aliphatic heterocycles. The Balaban J connectivity index is 1.47. The lowest BCUT2D eigenvalue weighted by molar-refractivity contribution is -0.0860. The third-order valence-electron chi connectivity index (χ3n) is 11.0. The molecule has 0 aromatic heterocycles. The zero-order chi connectivity index (χ0) is 21.0. The van der Waals surface area contributed by atoms with Crippen LogP contribution >= 0.6 is 0 Å². The van der Waals surface area contributed by atoms with Gasteiger partial charge in [0.2, 0.25) is 0 Å². The molecular weight excluding hydrogens is 352 g/mol. The molecule has 29 heavy (non-hydrogen) atoms. The van der Waals surface area contributed by atoms with E-state index in [9.17, 15) is 5.11 Å². The topological polar surface area (TPSA) is 20.2 Å². The van der Waals surface area contributed by atoms with E-state index in [1.165, 1.54) is 51.4 Å². The van der Waals surface area contributed by atoms with Crippen LogP contribution in [0.2, 0.25) is 0 Å². The van der Waals surface area contributed by atoms with Gasteiger partial charge in [0, 0.05) is 0 Å². The second-order valence-electron chi connectivity index (χ2n) is 12.7. The maximum Gasteiger partial charge on any atom is 0.0543 e. The molecular formula is C28H48O. The van der Waals surface area contributed by atoms with E-state index in [2.05, 4.69) is 47.6 Å². The first-order chi connectivity index (χ1) is 13.7. The predicted octanol–water partition coefficient (Wildman–Crippen LogP) is 7.63. The molecule has 0 heterocycles. The van der Waals surface area contributed by atoms with E-state index in [1.54, 1.807) is 0 Å². The van der Waals surface area contributed by atoms with Gasteiger partial charge in [-0.25, -0.2) is 0 Å². The van der Waals surface area contributed by atoms with Crippen molar-refractivity contribution in [2.75, 3.05) is 0 Å². The van der Waals surface area contributed by atoms with Gasteiger partial charge in [0.15, 0.2) is 0 Å². The minimum atomic E-state index is -0.0253. The minimum absolute atomic E-state index is 0.0253. The first kappa shape index (κ1) is 21.9. The van der Waals surface area contributed by atoms with Gasteiger partial charge in [0.1, 0.15) is 0 Å². The number of allylic oxidation sites excluding steroid dienone is 2. The molecule has 1 heteroatoms. The predicted molar refractivity (Wildman–Crippen MR) is 124 cm³/mol. The number of hydrogen-bond donors (Lipinski definition) is 1. The summed E-state index contributed by atoms with van der Waals surface area (Å²) in [5, 5.41) is 10.3. The lowest BCUT2D eigenvalue weighted by atomic mass is 9.45. The smallest absolute Gasteiger partial charge is 0.0543 e.